The minimum atomic E-state index is -3.60. The van der Waals surface area contributed by atoms with E-state index < -0.39 is 10.0 Å². The van der Waals surface area contributed by atoms with Crippen molar-refractivity contribution in [1.82, 2.24) is 9.71 Å². The summed E-state index contributed by atoms with van der Waals surface area (Å²) in [5, 5.41) is 9.44. The van der Waals surface area contributed by atoms with Crippen molar-refractivity contribution >= 4 is 20.9 Å². The predicted octanol–water partition coefficient (Wildman–Crippen LogP) is 1.98. The predicted molar refractivity (Wildman–Crippen MR) is 82.6 cm³/mol. The molecule has 0 amide bonds. The van der Waals surface area contributed by atoms with E-state index in [1.165, 1.54) is 0 Å². The lowest BCUT2D eigenvalue weighted by Gasteiger charge is -2.15. The zero-order valence-corrected chi connectivity index (χ0v) is 13.0. The molecule has 2 N–H and O–H groups in total. The second kappa shape index (κ2) is 6.51. The molecule has 0 spiro atoms. The Morgan fingerprint density at radius 1 is 1.33 bits per heavy atom. The highest BCUT2D eigenvalue weighted by atomic mass is 32.2. The SMILES string of the molecule is Cc1ccc(S(=O)(=O)NC(C)CCCO)c2cccnc12. The number of aliphatic hydroxyl groups is 1. The van der Waals surface area contributed by atoms with Gasteiger partial charge < -0.3 is 5.11 Å². The van der Waals surface area contributed by atoms with Crippen molar-refractivity contribution in [3.8, 4) is 0 Å². The monoisotopic (exact) mass is 308 g/mol. The lowest BCUT2D eigenvalue weighted by Crippen LogP contribution is -2.32. The number of aliphatic hydroxyl groups excluding tert-OH is 1. The molecule has 0 fully saturated rings. The van der Waals surface area contributed by atoms with Crippen LogP contribution in [0, 0.1) is 6.92 Å². The molecule has 2 rings (SSSR count). The van der Waals surface area contributed by atoms with Gasteiger partial charge in [0.25, 0.3) is 0 Å². The summed E-state index contributed by atoms with van der Waals surface area (Å²) < 4.78 is 27.7. The van der Waals surface area contributed by atoms with Crippen LogP contribution in [-0.4, -0.2) is 31.2 Å². The van der Waals surface area contributed by atoms with Gasteiger partial charge in [0.15, 0.2) is 0 Å². The molecule has 1 atom stereocenters. The topological polar surface area (TPSA) is 79.3 Å². The van der Waals surface area contributed by atoms with Gasteiger partial charge in [0, 0.05) is 24.2 Å². The Kier molecular flexibility index (Phi) is 4.92. The molecule has 5 nitrogen and oxygen atoms in total. The van der Waals surface area contributed by atoms with Gasteiger partial charge in [-0.15, -0.1) is 0 Å². The van der Waals surface area contributed by atoms with Crippen LogP contribution in [0.15, 0.2) is 35.4 Å². The third-order valence-electron chi connectivity index (χ3n) is 3.37. The molecule has 0 aliphatic carbocycles. The third-order valence-corrected chi connectivity index (χ3v) is 5.02. The Balaban J connectivity index is 2.39. The van der Waals surface area contributed by atoms with E-state index in [0.29, 0.717) is 23.7 Å². The molecule has 0 bridgehead atoms. The first-order valence-corrected chi connectivity index (χ1v) is 8.41. The summed E-state index contributed by atoms with van der Waals surface area (Å²) in [7, 11) is -3.60. The molecule has 2 aromatic rings. The van der Waals surface area contributed by atoms with E-state index in [1.54, 1.807) is 37.4 Å². The van der Waals surface area contributed by atoms with Gasteiger partial charge in [0.05, 0.1) is 10.4 Å². The van der Waals surface area contributed by atoms with E-state index in [0.717, 1.165) is 5.56 Å². The van der Waals surface area contributed by atoms with E-state index in [9.17, 15) is 8.42 Å². The molecule has 0 aliphatic heterocycles. The van der Waals surface area contributed by atoms with Gasteiger partial charge in [-0.05, 0) is 50.5 Å². The van der Waals surface area contributed by atoms with Crippen LogP contribution in [0.2, 0.25) is 0 Å². The first-order chi connectivity index (χ1) is 9.95. The minimum Gasteiger partial charge on any atom is -0.396 e. The summed E-state index contributed by atoms with van der Waals surface area (Å²) in [6.07, 6.45) is 2.82. The van der Waals surface area contributed by atoms with Gasteiger partial charge in [0.1, 0.15) is 0 Å². The minimum absolute atomic E-state index is 0.0590. The largest absolute Gasteiger partial charge is 0.396 e. The number of sulfonamides is 1. The highest BCUT2D eigenvalue weighted by molar-refractivity contribution is 7.89. The number of hydrogen-bond acceptors (Lipinski definition) is 4. The van der Waals surface area contributed by atoms with Crippen molar-refractivity contribution in [2.45, 2.75) is 37.6 Å². The molecule has 1 aromatic carbocycles. The fourth-order valence-corrected chi connectivity index (χ4v) is 3.78. The van der Waals surface area contributed by atoms with E-state index >= 15 is 0 Å². The van der Waals surface area contributed by atoms with Crippen molar-refractivity contribution in [3.05, 3.63) is 36.0 Å². The van der Waals surface area contributed by atoms with Crippen molar-refractivity contribution in [2.24, 2.45) is 0 Å². The van der Waals surface area contributed by atoms with Crippen LogP contribution in [-0.2, 0) is 10.0 Å². The smallest absolute Gasteiger partial charge is 0.241 e. The van der Waals surface area contributed by atoms with Crippen molar-refractivity contribution in [1.29, 1.82) is 0 Å². The molecule has 1 aromatic heterocycles. The summed E-state index contributed by atoms with van der Waals surface area (Å²) in [4.78, 5) is 4.50. The number of aryl methyl sites for hydroxylation is 1. The number of rotatable bonds is 6. The van der Waals surface area contributed by atoms with Gasteiger partial charge in [-0.1, -0.05) is 6.07 Å². The van der Waals surface area contributed by atoms with Crippen LogP contribution in [0.4, 0.5) is 0 Å². The zero-order valence-electron chi connectivity index (χ0n) is 12.2. The Hall–Kier alpha value is -1.50. The second-order valence-corrected chi connectivity index (χ2v) is 6.85. The third kappa shape index (κ3) is 3.58. The van der Waals surface area contributed by atoms with Crippen LogP contribution >= 0.6 is 0 Å². The Labute approximate surface area is 125 Å². The van der Waals surface area contributed by atoms with Crippen LogP contribution < -0.4 is 4.72 Å². The lowest BCUT2D eigenvalue weighted by atomic mass is 10.1. The molecular formula is C15H20N2O3S. The van der Waals surface area contributed by atoms with Crippen molar-refractivity contribution in [2.75, 3.05) is 6.61 Å². The summed E-state index contributed by atoms with van der Waals surface area (Å²) in [6.45, 7) is 3.76. The van der Waals surface area contributed by atoms with E-state index in [4.69, 9.17) is 5.11 Å². The quantitative estimate of drug-likeness (QED) is 0.855. The van der Waals surface area contributed by atoms with Crippen LogP contribution in [0.1, 0.15) is 25.3 Å². The van der Waals surface area contributed by atoms with Gasteiger partial charge in [-0.25, -0.2) is 13.1 Å². The molecule has 6 heteroatoms. The number of pyridine rings is 1. The maximum Gasteiger partial charge on any atom is 0.241 e. The van der Waals surface area contributed by atoms with Gasteiger partial charge >= 0.3 is 0 Å². The zero-order chi connectivity index (χ0) is 15.5. The van der Waals surface area contributed by atoms with E-state index in [1.807, 2.05) is 6.92 Å². The number of nitrogens with one attached hydrogen (secondary N) is 1. The van der Waals surface area contributed by atoms with E-state index in [2.05, 4.69) is 9.71 Å². The Morgan fingerprint density at radius 2 is 2.10 bits per heavy atom. The average molecular weight is 308 g/mol. The Bertz CT molecular complexity index is 729. The Morgan fingerprint density at radius 3 is 2.81 bits per heavy atom. The van der Waals surface area contributed by atoms with Gasteiger partial charge in [-0.3, -0.25) is 4.98 Å². The van der Waals surface area contributed by atoms with E-state index in [-0.39, 0.29) is 17.5 Å². The fourth-order valence-electron chi connectivity index (χ4n) is 2.31. The lowest BCUT2D eigenvalue weighted by molar-refractivity contribution is 0.279. The van der Waals surface area contributed by atoms with Crippen molar-refractivity contribution < 1.29 is 13.5 Å². The molecule has 1 heterocycles. The normalized spacial score (nSPS) is 13.5. The second-order valence-electron chi connectivity index (χ2n) is 5.17. The molecule has 0 saturated heterocycles. The molecule has 1 unspecified atom stereocenters. The van der Waals surface area contributed by atoms with Crippen LogP contribution in [0.25, 0.3) is 10.9 Å². The maximum atomic E-state index is 12.5. The highest BCUT2D eigenvalue weighted by Crippen LogP contribution is 2.24. The van der Waals surface area contributed by atoms with Crippen LogP contribution in [0.3, 0.4) is 0 Å². The molecule has 114 valence electrons. The number of fused-ring (bicyclic) bond motifs is 1. The number of nitrogens with zero attached hydrogens (tertiary/aromatic N) is 1. The summed E-state index contributed by atoms with van der Waals surface area (Å²) in [6, 6.07) is 6.65. The van der Waals surface area contributed by atoms with Crippen molar-refractivity contribution in [3.63, 3.8) is 0 Å². The molecule has 21 heavy (non-hydrogen) atoms. The maximum absolute atomic E-state index is 12.5. The average Bonchev–Trinajstić information content (AvgIpc) is 2.45. The molecular weight excluding hydrogens is 288 g/mol. The summed E-state index contributed by atoms with van der Waals surface area (Å²) in [5.74, 6) is 0. The highest BCUT2D eigenvalue weighted by Gasteiger charge is 2.20. The first kappa shape index (κ1) is 15.9. The van der Waals surface area contributed by atoms with Gasteiger partial charge in [0.2, 0.25) is 10.0 Å². The molecule has 0 saturated carbocycles. The summed E-state index contributed by atoms with van der Waals surface area (Å²) >= 11 is 0. The van der Waals surface area contributed by atoms with Gasteiger partial charge in [-0.2, -0.15) is 0 Å². The number of aromatic nitrogens is 1. The first-order valence-electron chi connectivity index (χ1n) is 6.93. The number of hydrogen-bond donors (Lipinski definition) is 2. The van der Waals surface area contributed by atoms with Crippen LogP contribution in [0.5, 0.6) is 0 Å². The number of benzene rings is 1. The molecule has 0 radical (unpaired) electrons. The summed E-state index contributed by atoms with van der Waals surface area (Å²) in [5.41, 5.74) is 1.64. The fraction of sp³-hybridized carbons (Fsp3) is 0.400. The standard InChI is InChI=1S/C15H20N2O3S/c1-11-7-8-14(13-6-3-9-16-15(11)13)21(19,20)17-12(2)5-4-10-18/h3,6-9,12,17-18H,4-5,10H2,1-2H3. The molecule has 0 aliphatic rings.